The number of hydrogen-bond acceptors (Lipinski definition) is 5. The first-order chi connectivity index (χ1) is 11.1. The lowest BCUT2D eigenvalue weighted by Gasteiger charge is -2.11. The Hall–Kier alpha value is -2.08. The van der Waals surface area contributed by atoms with Crippen LogP contribution in [0, 0.1) is 0 Å². The van der Waals surface area contributed by atoms with Crippen LogP contribution in [-0.4, -0.2) is 28.2 Å². The fourth-order valence-electron chi connectivity index (χ4n) is 2.39. The number of aliphatic hydroxyl groups excluding tert-OH is 1. The number of anilines is 2. The van der Waals surface area contributed by atoms with Crippen molar-refractivity contribution in [3.63, 3.8) is 0 Å². The third-order valence-corrected chi connectivity index (χ3v) is 4.00. The molecule has 1 aromatic heterocycles. The third-order valence-electron chi connectivity index (χ3n) is 3.37. The van der Waals surface area contributed by atoms with Crippen molar-refractivity contribution in [3.8, 4) is 11.1 Å². The first-order valence-electron chi connectivity index (χ1n) is 6.96. The van der Waals surface area contributed by atoms with E-state index in [-0.39, 0.29) is 12.6 Å². The van der Waals surface area contributed by atoms with E-state index in [0.717, 1.165) is 16.5 Å². The van der Waals surface area contributed by atoms with Gasteiger partial charge < -0.3 is 16.2 Å². The monoisotopic (exact) mass is 348 g/mol. The molecule has 0 aliphatic rings. The number of hydrogen-bond donors (Lipinski definition) is 3. The van der Waals surface area contributed by atoms with Gasteiger partial charge in [-0.25, -0.2) is 4.98 Å². The summed E-state index contributed by atoms with van der Waals surface area (Å²) in [5.41, 5.74) is 8.04. The van der Waals surface area contributed by atoms with Crippen LogP contribution in [0.2, 0.25) is 10.0 Å². The van der Waals surface area contributed by atoms with Crippen LogP contribution in [0.4, 0.5) is 11.8 Å². The second kappa shape index (κ2) is 6.58. The average molecular weight is 349 g/mol. The fraction of sp³-hybridized carbons (Fsp3) is 0.125. The highest BCUT2D eigenvalue weighted by molar-refractivity contribution is 6.39. The summed E-state index contributed by atoms with van der Waals surface area (Å²) < 4.78 is 0. The van der Waals surface area contributed by atoms with Crippen LogP contribution in [0.3, 0.4) is 0 Å². The van der Waals surface area contributed by atoms with E-state index in [4.69, 9.17) is 34.0 Å². The number of aliphatic hydroxyl groups is 1. The van der Waals surface area contributed by atoms with Crippen molar-refractivity contribution in [2.24, 2.45) is 0 Å². The largest absolute Gasteiger partial charge is 0.395 e. The Morgan fingerprint density at radius 3 is 2.52 bits per heavy atom. The van der Waals surface area contributed by atoms with Crippen LogP contribution < -0.4 is 11.1 Å². The van der Waals surface area contributed by atoms with Crippen LogP contribution in [-0.2, 0) is 0 Å². The highest BCUT2D eigenvalue weighted by atomic mass is 35.5. The van der Waals surface area contributed by atoms with Gasteiger partial charge >= 0.3 is 0 Å². The molecular formula is C16H14Cl2N4O. The predicted molar refractivity (Wildman–Crippen MR) is 95.0 cm³/mol. The van der Waals surface area contributed by atoms with Crippen LogP contribution in [0.1, 0.15) is 0 Å². The Balaban J connectivity index is 2.16. The summed E-state index contributed by atoms with van der Waals surface area (Å²) in [4.78, 5) is 8.44. The number of fused-ring (bicyclic) bond motifs is 1. The molecule has 2 aromatic carbocycles. The van der Waals surface area contributed by atoms with Gasteiger partial charge in [0.05, 0.1) is 12.1 Å². The summed E-state index contributed by atoms with van der Waals surface area (Å²) in [5.74, 6) is 0.735. The van der Waals surface area contributed by atoms with Crippen LogP contribution in [0.5, 0.6) is 0 Å². The molecule has 0 saturated carbocycles. The van der Waals surface area contributed by atoms with Crippen molar-refractivity contribution >= 4 is 45.9 Å². The molecule has 0 amide bonds. The van der Waals surface area contributed by atoms with E-state index in [2.05, 4.69) is 15.3 Å². The van der Waals surface area contributed by atoms with Gasteiger partial charge in [-0.15, -0.1) is 0 Å². The average Bonchev–Trinajstić information content (AvgIpc) is 2.52. The summed E-state index contributed by atoms with van der Waals surface area (Å²) in [5, 5.41) is 13.9. The number of nitrogen functional groups attached to an aromatic ring is 1. The Morgan fingerprint density at radius 1 is 1.09 bits per heavy atom. The highest BCUT2D eigenvalue weighted by Gasteiger charge is 2.11. The molecule has 23 heavy (non-hydrogen) atoms. The van der Waals surface area contributed by atoms with Crippen LogP contribution in [0.15, 0.2) is 36.4 Å². The molecule has 0 unspecified atom stereocenters. The quantitative estimate of drug-likeness (QED) is 0.670. The van der Waals surface area contributed by atoms with Crippen molar-refractivity contribution in [3.05, 3.63) is 46.4 Å². The number of rotatable bonds is 4. The molecule has 1 heterocycles. The minimum absolute atomic E-state index is 0.00127. The molecule has 0 radical (unpaired) electrons. The van der Waals surface area contributed by atoms with E-state index in [0.29, 0.717) is 27.9 Å². The molecule has 0 aliphatic heterocycles. The van der Waals surface area contributed by atoms with Crippen LogP contribution in [0.25, 0.3) is 22.0 Å². The minimum Gasteiger partial charge on any atom is -0.395 e. The fourth-order valence-corrected chi connectivity index (χ4v) is 3.00. The summed E-state index contributed by atoms with van der Waals surface area (Å²) >= 11 is 12.5. The maximum Gasteiger partial charge on any atom is 0.222 e. The summed E-state index contributed by atoms with van der Waals surface area (Å²) in [6.07, 6.45) is 0. The number of aromatic nitrogens is 2. The Labute approximate surface area is 143 Å². The van der Waals surface area contributed by atoms with Gasteiger partial charge in [0.25, 0.3) is 0 Å². The van der Waals surface area contributed by atoms with Gasteiger partial charge in [0.15, 0.2) is 0 Å². The molecule has 5 nitrogen and oxygen atoms in total. The Kier molecular flexibility index (Phi) is 4.52. The lowest BCUT2D eigenvalue weighted by atomic mass is 10.0. The number of halogens is 2. The predicted octanol–water partition coefficient (Wildman–Crippen LogP) is 3.59. The summed E-state index contributed by atoms with van der Waals surface area (Å²) in [7, 11) is 0. The van der Waals surface area contributed by atoms with E-state index in [1.54, 1.807) is 18.2 Å². The standard InChI is InChI=1S/C16H14Cl2N4O/c17-11-2-1-3-12(18)14(11)9-4-5-10-13(8-9)21-16(19)22-15(10)20-6-7-23/h1-5,8,23H,6-7H2,(H3,19,20,21,22). The molecule has 3 aromatic rings. The molecule has 7 heteroatoms. The maximum absolute atomic E-state index is 8.96. The second-order valence-corrected chi connectivity index (χ2v) is 5.72. The molecule has 0 saturated heterocycles. The first-order valence-corrected chi connectivity index (χ1v) is 7.72. The lowest BCUT2D eigenvalue weighted by Crippen LogP contribution is -2.09. The van der Waals surface area contributed by atoms with Crippen molar-refractivity contribution in [2.75, 3.05) is 24.2 Å². The Morgan fingerprint density at radius 2 is 1.83 bits per heavy atom. The minimum atomic E-state index is -0.00127. The van der Waals surface area contributed by atoms with Gasteiger partial charge in [0.2, 0.25) is 5.95 Å². The van der Waals surface area contributed by atoms with E-state index >= 15 is 0 Å². The molecule has 0 aliphatic carbocycles. The normalized spacial score (nSPS) is 10.9. The van der Waals surface area contributed by atoms with Crippen molar-refractivity contribution in [2.45, 2.75) is 0 Å². The van der Waals surface area contributed by atoms with Gasteiger partial charge in [-0.3, -0.25) is 0 Å². The van der Waals surface area contributed by atoms with Gasteiger partial charge in [-0.05, 0) is 29.8 Å². The van der Waals surface area contributed by atoms with Crippen molar-refractivity contribution < 1.29 is 5.11 Å². The molecular weight excluding hydrogens is 335 g/mol. The zero-order valence-electron chi connectivity index (χ0n) is 12.1. The van der Waals surface area contributed by atoms with Gasteiger partial charge in [0, 0.05) is 27.5 Å². The number of nitrogens with zero attached hydrogens (tertiary/aromatic N) is 2. The summed E-state index contributed by atoms with van der Waals surface area (Å²) in [6, 6.07) is 11.0. The molecule has 0 spiro atoms. The molecule has 0 atom stereocenters. The van der Waals surface area contributed by atoms with E-state index in [9.17, 15) is 0 Å². The van der Waals surface area contributed by atoms with Gasteiger partial charge in [0.1, 0.15) is 5.82 Å². The first kappa shape index (κ1) is 15.8. The SMILES string of the molecule is Nc1nc(NCCO)c2ccc(-c3c(Cl)cccc3Cl)cc2n1. The molecule has 118 valence electrons. The van der Waals surface area contributed by atoms with Crippen LogP contribution >= 0.6 is 23.2 Å². The zero-order chi connectivity index (χ0) is 16.4. The topological polar surface area (TPSA) is 84.1 Å². The van der Waals surface area contributed by atoms with Gasteiger partial charge in [-0.2, -0.15) is 4.98 Å². The third kappa shape index (κ3) is 3.17. The lowest BCUT2D eigenvalue weighted by molar-refractivity contribution is 0.311. The smallest absolute Gasteiger partial charge is 0.222 e. The van der Waals surface area contributed by atoms with E-state index in [1.807, 2.05) is 18.2 Å². The number of nitrogens with one attached hydrogen (secondary N) is 1. The molecule has 4 N–H and O–H groups in total. The number of nitrogens with two attached hydrogens (primary N) is 1. The van der Waals surface area contributed by atoms with Crippen molar-refractivity contribution in [1.82, 2.24) is 9.97 Å². The zero-order valence-corrected chi connectivity index (χ0v) is 13.6. The summed E-state index contributed by atoms with van der Waals surface area (Å²) in [6.45, 7) is 0.377. The van der Waals surface area contributed by atoms with Gasteiger partial charge in [-0.1, -0.05) is 35.3 Å². The van der Waals surface area contributed by atoms with Crippen molar-refractivity contribution in [1.29, 1.82) is 0 Å². The van der Waals surface area contributed by atoms with E-state index in [1.165, 1.54) is 0 Å². The highest BCUT2D eigenvalue weighted by Crippen LogP contribution is 2.36. The Bertz CT molecular complexity index is 850. The molecule has 0 bridgehead atoms. The molecule has 3 rings (SSSR count). The van der Waals surface area contributed by atoms with E-state index < -0.39 is 0 Å². The molecule has 0 fully saturated rings. The number of benzene rings is 2. The maximum atomic E-state index is 8.96. The second-order valence-electron chi connectivity index (χ2n) is 4.91.